The van der Waals surface area contributed by atoms with Gasteiger partial charge in [-0.1, -0.05) is 34.6 Å². The Morgan fingerprint density at radius 2 is 2.05 bits per heavy atom. The van der Waals surface area contributed by atoms with Crippen molar-refractivity contribution in [1.82, 2.24) is 10.3 Å². The SMILES string of the molecule is CC1(C)CCN(c2nc(C(C)(C)C)c(CNC3CC3)s2)C1. The molecular formula is C17H29N3S. The summed E-state index contributed by atoms with van der Waals surface area (Å²) in [5, 5.41) is 4.89. The fourth-order valence-corrected chi connectivity index (χ4v) is 4.23. The van der Waals surface area contributed by atoms with Crippen LogP contribution in [0.1, 0.15) is 64.5 Å². The van der Waals surface area contributed by atoms with Crippen LogP contribution in [-0.4, -0.2) is 24.1 Å². The number of anilines is 1. The summed E-state index contributed by atoms with van der Waals surface area (Å²) < 4.78 is 0. The van der Waals surface area contributed by atoms with Gasteiger partial charge in [0.25, 0.3) is 0 Å². The number of rotatable bonds is 4. The number of hydrogen-bond acceptors (Lipinski definition) is 4. The van der Waals surface area contributed by atoms with Crippen LogP contribution in [0, 0.1) is 5.41 Å². The quantitative estimate of drug-likeness (QED) is 0.913. The van der Waals surface area contributed by atoms with E-state index >= 15 is 0 Å². The van der Waals surface area contributed by atoms with Crippen molar-refractivity contribution in [3.05, 3.63) is 10.6 Å². The highest BCUT2D eigenvalue weighted by atomic mass is 32.1. The number of hydrogen-bond donors (Lipinski definition) is 1. The molecule has 1 saturated heterocycles. The van der Waals surface area contributed by atoms with Crippen LogP contribution in [0.5, 0.6) is 0 Å². The van der Waals surface area contributed by atoms with Gasteiger partial charge in [0.2, 0.25) is 0 Å². The van der Waals surface area contributed by atoms with Crippen molar-refractivity contribution >= 4 is 16.5 Å². The fourth-order valence-electron chi connectivity index (χ4n) is 2.98. The lowest BCUT2D eigenvalue weighted by atomic mass is 9.91. The summed E-state index contributed by atoms with van der Waals surface area (Å²) in [5.41, 5.74) is 1.85. The van der Waals surface area contributed by atoms with Crippen molar-refractivity contribution < 1.29 is 0 Å². The second-order valence-electron chi connectivity index (χ2n) is 8.51. The topological polar surface area (TPSA) is 28.2 Å². The van der Waals surface area contributed by atoms with Gasteiger partial charge in [0.15, 0.2) is 5.13 Å². The summed E-state index contributed by atoms with van der Waals surface area (Å²) in [5.74, 6) is 0. The molecule has 0 bridgehead atoms. The Kier molecular flexibility index (Phi) is 3.81. The summed E-state index contributed by atoms with van der Waals surface area (Å²) in [4.78, 5) is 8.96. The lowest BCUT2D eigenvalue weighted by Gasteiger charge is -2.19. The minimum Gasteiger partial charge on any atom is -0.348 e. The van der Waals surface area contributed by atoms with Crippen LogP contribution in [0.25, 0.3) is 0 Å². The lowest BCUT2D eigenvalue weighted by molar-refractivity contribution is 0.418. The molecule has 21 heavy (non-hydrogen) atoms. The zero-order valence-electron chi connectivity index (χ0n) is 14.1. The Morgan fingerprint density at radius 3 is 2.57 bits per heavy atom. The van der Waals surface area contributed by atoms with Crippen LogP contribution in [0.3, 0.4) is 0 Å². The normalized spacial score (nSPS) is 22.0. The number of nitrogens with one attached hydrogen (secondary N) is 1. The van der Waals surface area contributed by atoms with Crippen molar-refractivity contribution in [2.24, 2.45) is 5.41 Å². The highest BCUT2D eigenvalue weighted by Crippen LogP contribution is 2.38. The molecule has 0 radical (unpaired) electrons. The van der Waals surface area contributed by atoms with Crippen molar-refractivity contribution in [3.63, 3.8) is 0 Å². The van der Waals surface area contributed by atoms with Crippen LogP contribution in [0.2, 0.25) is 0 Å². The van der Waals surface area contributed by atoms with Gasteiger partial charge in [-0.25, -0.2) is 4.98 Å². The molecule has 1 aromatic heterocycles. The fraction of sp³-hybridized carbons (Fsp3) is 0.824. The average Bonchev–Trinajstić information content (AvgIpc) is 2.96. The molecule has 3 rings (SSSR count). The monoisotopic (exact) mass is 307 g/mol. The maximum Gasteiger partial charge on any atom is 0.185 e. The van der Waals surface area contributed by atoms with E-state index in [0.717, 1.165) is 25.7 Å². The van der Waals surface area contributed by atoms with Gasteiger partial charge in [0.1, 0.15) is 0 Å². The maximum absolute atomic E-state index is 5.03. The van der Waals surface area contributed by atoms with E-state index in [2.05, 4.69) is 44.8 Å². The van der Waals surface area contributed by atoms with Gasteiger partial charge in [-0.2, -0.15) is 0 Å². The first kappa shape index (κ1) is 15.3. The van der Waals surface area contributed by atoms with Gasteiger partial charge in [-0.15, -0.1) is 11.3 Å². The molecule has 0 spiro atoms. The van der Waals surface area contributed by atoms with Crippen LogP contribution >= 0.6 is 11.3 Å². The average molecular weight is 308 g/mol. The van der Waals surface area contributed by atoms with Crippen LogP contribution in [0.4, 0.5) is 5.13 Å². The molecule has 2 fully saturated rings. The maximum atomic E-state index is 5.03. The standard InChI is InChI=1S/C17H29N3S/c1-16(2,3)14-13(10-18-12-6-7-12)21-15(19-14)20-9-8-17(4,5)11-20/h12,18H,6-11H2,1-5H3. The summed E-state index contributed by atoms with van der Waals surface area (Å²) in [6.45, 7) is 14.8. The molecule has 2 aliphatic rings. The highest BCUT2D eigenvalue weighted by molar-refractivity contribution is 7.15. The lowest BCUT2D eigenvalue weighted by Crippen LogP contribution is -2.23. The van der Waals surface area contributed by atoms with E-state index in [1.165, 1.54) is 35.0 Å². The van der Waals surface area contributed by atoms with Crippen molar-refractivity contribution in [1.29, 1.82) is 0 Å². The van der Waals surface area contributed by atoms with Gasteiger partial charge < -0.3 is 10.2 Å². The molecule has 118 valence electrons. The Hall–Kier alpha value is -0.610. The zero-order valence-corrected chi connectivity index (χ0v) is 14.9. The third kappa shape index (κ3) is 3.59. The van der Waals surface area contributed by atoms with Gasteiger partial charge in [0.05, 0.1) is 5.69 Å². The molecule has 0 amide bonds. The summed E-state index contributed by atoms with van der Waals surface area (Å²) in [6, 6.07) is 0.758. The second-order valence-corrected chi connectivity index (χ2v) is 9.57. The van der Waals surface area contributed by atoms with E-state index in [4.69, 9.17) is 4.98 Å². The molecule has 1 saturated carbocycles. The molecule has 1 aliphatic heterocycles. The molecular weight excluding hydrogens is 278 g/mol. The van der Waals surface area contributed by atoms with Gasteiger partial charge in [0, 0.05) is 36.0 Å². The smallest absolute Gasteiger partial charge is 0.185 e. The molecule has 1 N–H and O–H groups in total. The molecule has 1 aliphatic carbocycles. The molecule has 3 nitrogen and oxygen atoms in total. The van der Waals surface area contributed by atoms with Gasteiger partial charge >= 0.3 is 0 Å². The van der Waals surface area contributed by atoms with E-state index in [-0.39, 0.29) is 5.41 Å². The zero-order chi connectivity index (χ0) is 15.3. The first-order valence-corrected chi connectivity index (χ1v) is 9.05. The van der Waals surface area contributed by atoms with Crippen molar-refractivity contribution in [3.8, 4) is 0 Å². The minimum absolute atomic E-state index is 0.130. The first-order chi connectivity index (χ1) is 9.74. The van der Waals surface area contributed by atoms with E-state index in [1.807, 2.05) is 11.3 Å². The van der Waals surface area contributed by atoms with Crippen LogP contribution < -0.4 is 10.2 Å². The molecule has 0 atom stereocenters. The Bertz CT molecular complexity index is 509. The van der Waals surface area contributed by atoms with Crippen molar-refractivity contribution in [2.45, 2.75) is 71.9 Å². The Labute approximate surface area is 133 Å². The predicted molar refractivity (Wildman–Crippen MR) is 91.3 cm³/mol. The number of nitrogens with zero attached hydrogens (tertiary/aromatic N) is 2. The summed E-state index contributed by atoms with van der Waals surface area (Å²) in [7, 11) is 0. The molecule has 0 aromatic carbocycles. The molecule has 1 aromatic rings. The molecule has 4 heteroatoms. The van der Waals surface area contributed by atoms with Crippen molar-refractivity contribution in [2.75, 3.05) is 18.0 Å². The highest BCUT2D eigenvalue weighted by Gasteiger charge is 2.33. The predicted octanol–water partition coefficient (Wildman–Crippen LogP) is 3.93. The summed E-state index contributed by atoms with van der Waals surface area (Å²) in [6.07, 6.45) is 3.96. The third-order valence-electron chi connectivity index (χ3n) is 4.47. The Morgan fingerprint density at radius 1 is 1.33 bits per heavy atom. The first-order valence-electron chi connectivity index (χ1n) is 8.23. The molecule has 2 heterocycles. The molecule has 0 unspecified atom stereocenters. The largest absolute Gasteiger partial charge is 0.348 e. The van der Waals surface area contributed by atoms with E-state index in [9.17, 15) is 0 Å². The number of aromatic nitrogens is 1. The number of thiazole rings is 1. The Balaban J connectivity index is 1.81. The van der Waals surface area contributed by atoms with E-state index in [0.29, 0.717) is 5.41 Å². The van der Waals surface area contributed by atoms with E-state index < -0.39 is 0 Å². The van der Waals surface area contributed by atoms with Gasteiger partial charge in [-0.3, -0.25) is 0 Å². The minimum atomic E-state index is 0.130. The summed E-state index contributed by atoms with van der Waals surface area (Å²) >= 11 is 1.91. The van der Waals surface area contributed by atoms with Gasteiger partial charge in [-0.05, 0) is 24.7 Å². The third-order valence-corrected chi connectivity index (χ3v) is 5.59. The second kappa shape index (κ2) is 5.24. The van der Waals surface area contributed by atoms with Crippen LogP contribution in [0.15, 0.2) is 0 Å². The van der Waals surface area contributed by atoms with Crippen LogP contribution in [-0.2, 0) is 12.0 Å². The van der Waals surface area contributed by atoms with E-state index in [1.54, 1.807) is 0 Å².